The number of hydrogen-bond acceptors (Lipinski definition) is 5. The monoisotopic (exact) mass is 269 g/mol. The van der Waals surface area contributed by atoms with Gasteiger partial charge in [0.15, 0.2) is 17.3 Å². The molecule has 1 aliphatic heterocycles. The predicted molar refractivity (Wildman–Crippen MR) is 72.1 cm³/mol. The first-order chi connectivity index (χ1) is 9.83. The van der Waals surface area contributed by atoms with E-state index >= 15 is 0 Å². The SMILES string of the molecule is Nc1n[nH]c(-c2ccn[nH]2)c1-c1ccc2c(c1)OCO2. The third-order valence-corrected chi connectivity index (χ3v) is 3.23. The number of nitrogens with one attached hydrogen (secondary N) is 2. The Morgan fingerprint density at radius 3 is 2.85 bits per heavy atom. The van der Waals surface area contributed by atoms with E-state index in [0.29, 0.717) is 11.6 Å². The molecule has 1 aromatic carbocycles. The Kier molecular flexibility index (Phi) is 2.19. The molecule has 0 atom stereocenters. The number of nitrogens with zero attached hydrogens (tertiary/aromatic N) is 2. The number of H-pyrrole nitrogens is 2. The fraction of sp³-hybridized carbons (Fsp3) is 0.0769. The van der Waals surface area contributed by atoms with Crippen molar-refractivity contribution in [2.45, 2.75) is 0 Å². The second-order valence-corrected chi connectivity index (χ2v) is 4.40. The molecule has 4 rings (SSSR count). The van der Waals surface area contributed by atoms with Gasteiger partial charge in [-0.2, -0.15) is 10.2 Å². The lowest BCUT2D eigenvalue weighted by Gasteiger charge is -2.04. The van der Waals surface area contributed by atoms with Crippen molar-refractivity contribution in [2.24, 2.45) is 0 Å². The van der Waals surface area contributed by atoms with Crippen molar-refractivity contribution in [3.8, 4) is 34.0 Å². The molecule has 20 heavy (non-hydrogen) atoms. The molecule has 7 nitrogen and oxygen atoms in total. The van der Waals surface area contributed by atoms with Crippen LogP contribution >= 0.6 is 0 Å². The molecule has 0 spiro atoms. The van der Waals surface area contributed by atoms with Crippen LogP contribution in [0.2, 0.25) is 0 Å². The number of anilines is 1. The second kappa shape index (κ2) is 4.02. The summed E-state index contributed by atoms with van der Waals surface area (Å²) in [5.74, 6) is 1.87. The van der Waals surface area contributed by atoms with Gasteiger partial charge in [-0.1, -0.05) is 6.07 Å². The van der Waals surface area contributed by atoms with Crippen molar-refractivity contribution in [1.82, 2.24) is 20.4 Å². The van der Waals surface area contributed by atoms with Gasteiger partial charge in [-0.25, -0.2) is 0 Å². The van der Waals surface area contributed by atoms with Crippen LogP contribution in [0.5, 0.6) is 11.5 Å². The van der Waals surface area contributed by atoms with E-state index in [1.54, 1.807) is 6.20 Å². The lowest BCUT2D eigenvalue weighted by atomic mass is 10.0. The Bertz CT molecular complexity index is 763. The summed E-state index contributed by atoms with van der Waals surface area (Å²) in [6, 6.07) is 7.53. The lowest BCUT2D eigenvalue weighted by Crippen LogP contribution is -1.93. The number of fused-ring (bicyclic) bond motifs is 1. The molecule has 3 heterocycles. The van der Waals surface area contributed by atoms with Crippen LogP contribution in [0.1, 0.15) is 0 Å². The number of benzene rings is 1. The Hall–Kier alpha value is -2.96. The summed E-state index contributed by atoms with van der Waals surface area (Å²) in [5.41, 5.74) is 9.31. The van der Waals surface area contributed by atoms with Crippen LogP contribution in [0.15, 0.2) is 30.5 Å². The van der Waals surface area contributed by atoms with E-state index in [1.807, 2.05) is 24.3 Å². The van der Waals surface area contributed by atoms with Crippen LogP contribution in [0.25, 0.3) is 22.5 Å². The molecule has 0 saturated carbocycles. The number of nitrogen functional groups attached to an aromatic ring is 1. The average molecular weight is 269 g/mol. The molecule has 0 fully saturated rings. The van der Waals surface area contributed by atoms with Gasteiger partial charge in [0, 0.05) is 6.20 Å². The molecule has 0 radical (unpaired) electrons. The number of rotatable bonds is 2. The number of aromatic nitrogens is 4. The fourth-order valence-electron chi connectivity index (χ4n) is 2.29. The Balaban J connectivity index is 1.88. The van der Waals surface area contributed by atoms with Gasteiger partial charge in [0.25, 0.3) is 0 Å². The molecule has 0 unspecified atom stereocenters. The molecule has 0 aliphatic carbocycles. The summed E-state index contributed by atoms with van der Waals surface area (Å²) in [7, 11) is 0. The highest BCUT2D eigenvalue weighted by Gasteiger charge is 2.19. The Morgan fingerprint density at radius 1 is 1.10 bits per heavy atom. The zero-order valence-electron chi connectivity index (χ0n) is 10.4. The summed E-state index contributed by atoms with van der Waals surface area (Å²) >= 11 is 0. The topological polar surface area (TPSA) is 102 Å². The van der Waals surface area contributed by atoms with E-state index in [2.05, 4.69) is 20.4 Å². The Labute approximate surface area is 113 Å². The summed E-state index contributed by atoms with van der Waals surface area (Å²) in [6.45, 7) is 0.243. The minimum Gasteiger partial charge on any atom is -0.454 e. The molecule has 3 aromatic rings. The highest BCUT2D eigenvalue weighted by Crippen LogP contribution is 2.40. The van der Waals surface area contributed by atoms with Crippen molar-refractivity contribution >= 4 is 5.82 Å². The minimum absolute atomic E-state index is 0.243. The first-order valence-electron chi connectivity index (χ1n) is 6.06. The third kappa shape index (κ3) is 1.53. The van der Waals surface area contributed by atoms with E-state index in [1.165, 1.54) is 0 Å². The van der Waals surface area contributed by atoms with Gasteiger partial charge in [-0.05, 0) is 23.8 Å². The van der Waals surface area contributed by atoms with Gasteiger partial charge in [0.2, 0.25) is 6.79 Å². The molecule has 1 aliphatic rings. The van der Waals surface area contributed by atoms with Crippen LogP contribution in [-0.4, -0.2) is 27.2 Å². The van der Waals surface area contributed by atoms with E-state index < -0.39 is 0 Å². The summed E-state index contributed by atoms with van der Waals surface area (Å²) in [5, 5.41) is 13.8. The van der Waals surface area contributed by atoms with Gasteiger partial charge in [0.05, 0.1) is 17.0 Å². The first kappa shape index (κ1) is 10.9. The molecule has 4 N–H and O–H groups in total. The third-order valence-electron chi connectivity index (χ3n) is 3.23. The number of ether oxygens (including phenoxy) is 2. The summed E-state index contributed by atoms with van der Waals surface area (Å²) in [6.07, 6.45) is 1.68. The van der Waals surface area contributed by atoms with Crippen LogP contribution in [0.4, 0.5) is 5.82 Å². The van der Waals surface area contributed by atoms with Crippen LogP contribution in [0.3, 0.4) is 0 Å². The molecule has 7 heteroatoms. The van der Waals surface area contributed by atoms with E-state index in [4.69, 9.17) is 15.2 Å². The van der Waals surface area contributed by atoms with E-state index in [-0.39, 0.29) is 6.79 Å². The molecule has 2 aromatic heterocycles. The fourth-order valence-corrected chi connectivity index (χ4v) is 2.29. The van der Waals surface area contributed by atoms with Gasteiger partial charge < -0.3 is 15.2 Å². The predicted octanol–water partition coefficient (Wildman–Crippen LogP) is 1.78. The van der Waals surface area contributed by atoms with E-state index in [0.717, 1.165) is 28.3 Å². The molecular weight excluding hydrogens is 258 g/mol. The van der Waals surface area contributed by atoms with Crippen molar-refractivity contribution in [1.29, 1.82) is 0 Å². The maximum atomic E-state index is 5.98. The van der Waals surface area contributed by atoms with Crippen LogP contribution in [0, 0.1) is 0 Å². The van der Waals surface area contributed by atoms with Crippen molar-refractivity contribution in [3.63, 3.8) is 0 Å². The van der Waals surface area contributed by atoms with Crippen molar-refractivity contribution < 1.29 is 9.47 Å². The average Bonchev–Trinajstić information content (AvgIpc) is 3.17. The molecule has 100 valence electrons. The van der Waals surface area contributed by atoms with Crippen LogP contribution < -0.4 is 15.2 Å². The standard InChI is InChI=1S/C13H11N5O2/c14-13-11(12(17-18-13)8-3-4-15-16-8)7-1-2-9-10(5-7)20-6-19-9/h1-5H,6H2,(H,15,16)(H3,14,17,18). The quantitative estimate of drug-likeness (QED) is 0.658. The normalized spacial score (nSPS) is 12.8. The smallest absolute Gasteiger partial charge is 0.231 e. The van der Waals surface area contributed by atoms with Gasteiger partial charge in [-0.3, -0.25) is 10.2 Å². The van der Waals surface area contributed by atoms with Crippen molar-refractivity contribution in [2.75, 3.05) is 12.5 Å². The second-order valence-electron chi connectivity index (χ2n) is 4.40. The Morgan fingerprint density at radius 2 is 2.00 bits per heavy atom. The molecule has 0 saturated heterocycles. The number of nitrogens with two attached hydrogens (primary N) is 1. The zero-order chi connectivity index (χ0) is 13.5. The first-order valence-corrected chi connectivity index (χ1v) is 6.06. The highest BCUT2D eigenvalue weighted by molar-refractivity contribution is 5.87. The number of hydrogen-bond donors (Lipinski definition) is 3. The maximum absolute atomic E-state index is 5.98. The van der Waals surface area contributed by atoms with Gasteiger partial charge >= 0.3 is 0 Å². The highest BCUT2D eigenvalue weighted by atomic mass is 16.7. The molecular formula is C13H11N5O2. The van der Waals surface area contributed by atoms with Crippen LogP contribution in [-0.2, 0) is 0 Å². The zero-order valence-corrected chi connectivity index (χ0v) is 10.4. The minimum atomic E-state index is 0.243. The number of aromatic amines is 2. The largest absolute Gasteiger partial charge is 0.454 e. The lowest BCUT2D eigenvalue weighted by molar-refractivity contribution is 0.174. The molecule has 0 amide bonds. The van der Waals surface area contributed by atoms with E-state index in [9.17, 15) is 0 Å². The maximum Gasteiger partial charge on any atom is 0.231 e. The van der Waals surface area contributed by atoms with Gasteiger partial charge in [-0.15, -0.1) is 0 Å². The van der Waals surface area contributed by atoms with Gasteiger partial charge in [0.1, 0.15) is 0 Å². The molecule has 0 bridgehead atoms. The summed E-state index contributed by atoms with van der Waals surface area (Å²) < 4.78 is 10.7. The van der Waals surface area contributed by atoms with Crippen molar-refractivity contribution in [3.05, 3.63) is 30.5 Å². The summed E-state index contributed by atoms with van der Waals surface area (Å²) in [4.78, 5) is 0.